The summed E-state index contributed by atoms with van der Waals surface area (Å²) in [5.41, 5.74) is 5.82. The van der Waals surface area contributed by atoms with E-state index in [1.807, 2.05) is 0 Å². The Bertz CT molecular complexity index is 164. The number of hydrogen-bond donors (Lipinski definition) is 1. The van der Waals surface area contributed by atoms with Crippen LogP contribution in [0.2, 0.25) is 12.6 Å². The van der Waals surface area contributed by atoms with Crippen LogP contribution in [-0.2, 0) is 8.85 Å². The van der Waals surface area contributed by atoms with Crippen LogP contribution in [0.4, 0.5) is 0 Å². The van der Waals surface area contributed by atoms with E-state index in [1.165, 1.54) is 0 Å². The van der Waals surface area contributed by atoms with Gasteiger partial charge in [-0.1, -0.05) is 20.8 Å². The molecule has 4 heteroatoms. The first kappa shape index (κ1) is 14.1. The number of rotatable bonds is 7. The van der Waals surface area contributed by atoms with Crippen molar-refractivity contribution in [2.75, 3.05) is 20.3 Å². The minimum Gasteiger partial charge on any atom is -0.398 e. The van der Waals surface area contributed by atoms with E-state index in [4.69, 9.17) is 14.6 Å². The maximum atomic E-state index is 5.83. The predicted octanol–water partition coefficient (Wildman–Crippen LogP) is 2.12. The standard InChI is InChI=1S/C10H25NO2Si/c1-6-7-13-14(5,12-4)9-10(2,3)8-11/h6-9,11H2,1-5H3. The largest absolute Gasteiger partial charge is 0.398 e. The Morgan fingerprint density at radius 3 is 2.29 bits per heavy atom. The van der Waals surface area contributed by atoms with Crippen LogP contribution in [0.1, 0.15) is 27.2 Å². The van der Waals surface area contributed by atoms with Crippen LogP contribution < -0.4 is 5.73 Å². The maximum Gasteiger partial charge on any atom is 0.335 e. The van der Waals surface area contributed by atoms with Crippen molar-refractivity contribution in [3.63, 3.8) is 0 Å². The highest BCUT2D eigenvalue weighted by atomic mass is 28.4. The minimum absolute atomic E-state index is 0.116. The zero-order valence-electron chi connectivity index (χ0n) is 10.2. The van der Waals surface area contributed by atoms with Gasteiger partial charge in [-0.3, -0.25) is 0 Å². The second-order valence-corrected chi connectivity index (χ2v) is 8.05. The van der Waals surface area contributed by atoms with Crippen LogP contribution in [0.15, 0.2) is 0 Å². The van der Waals surface area contributed by atoms with E-state index in [0.29, 0.717) is 6.54 Å². The van der Waals surface area contributed by atoms with Gasteiger partial charge in [0, 0.05) is 13.7 Å². The van der Waals surface area contributed by atoms with Crippen LogP contribution in [0.5, 0.6) is 0 Å². The maximum absolute atomic E-state index is 5.83. The highest BCUT2D eigenvalue weighted by Gasteiger charge is 2.36. The van der Waals surface area contributed by atoms with Gasteiger partial charge in [0.2, 0.25) is 0 Å². The zero-order chi connectivity index (χ0) is 11.2. The Balaban J connectivity index is 4.23. The van der Waals surface area contributed by atoms with Crippen molar-refractivity contribution in [3.8, 4) is 0 Å². The van der Waals surface area contributed by atoms with Gasteiger partial charge in [0.05, 0.1) is 0 Å². The third-order valence-electron chi connectivity index (χ3n) is 2.40. The monoisotopic (exact) mass is 219 g/mol. The number of nitrogens with two attached hydrogens (primary N) is 1. The molecule has 0 aromatic heterocycles. The second kappa shape index (κ2) is 5.85. The van der Waals surface area contributed by atoms with Crippen molar-refractivity contribution >= 4 is 8.56 Å². The second-order valence-electron chi connectivity index (χ2n) is 4.73. The molecule has 3 nitrogen and oxygen atoms in total. The first-order valence-electron chi connectivity index (χ1n) is 5.28. The highest BCUT2D eigenvalue weighted by Crippen LogP contribution is 2.28. The van der Waals surface area contributed by atoms with Crippen molar-refractivity contribution in [3.05, 3.63) is 0 Å². The fraction of sp³-hybridized carbons (Fsp3) is 1.00. The van der Waals surface area contributed by atoms with Gasteiger partial charge in [-0.25, -0.2) is 0 Å². The molecule has 1 atom stereocenters. The first-order chi connectivity index (χ1) is 6.39. The average molecular weight is 219 g/mol. The van der Waals surface area contributed by atoms with E-state index in [9.17, 15) is 0 Å². The molecule has 0 spiro atoms. The van der Waals surface area contributed by atoms with Gasteiger partial charge in [-0.2, -0.15) is 0 Å². The quantitative estimate of drug-likeness (QED) is 0.667. The Labute approximate surface area is 89.2 Å². The molecular weight excluding hydrogens is 194 g/mol. The van der Waals surface area contributed by atoms with E-state index in [0.717, 1.165) is 19.1 Å². The van der Waals surface area contributed by atoms with Crippen molar-refractivity contribution in [1.82, 2.24) is 0 Å². The fourth-order valence-corrected chi connectivity index (χ4v) is 4.32. The topological polar surface area (TPSA) is 44.5 Å². The predicted molar refractivity (Wildman–Crippen MR) is 62.5 cm³/mol. The molecule has 0 aliphatic carbocycles. The van der Waals surface area contributed by atoms with Gasteiger partial charge in [0.1, 0.15) is 0 Å². The summed E-state index contributed by atoms with van der Waals surface area (Å²) in [7, 11) is -0.236. The average Bonchev–Trinajstić information content (AvgIpc) is 2.14. The Kier molecular flexibility index (Phi) is 5.89. The molecule has 0 amide bonds. The van der Waals surface area contributed by atoms with Crippen LogP contribution in [0.25, 0.3) is 0 Å². The first-order valence-corrected chi connectivity index (χ1v) is 7.80. The third kappa shape index (κ3) is 5.10. The van der Waals surface area contributed by atoms with Gasteiger partial charge < -0.3 is 14.6 Å². The van der Waals surface area contributed by atoms with E-state index in [1.54, 1.807) is 7.11 Å². The summed E-state index contributed by atoms with van der Waals surface area (Å²) >= 11 is 0. The molecule has 0 aromatic carbocycles. The molecule has 0 saturated heterocycles. The summed E-state index contributed by atoms with van der Waals surface area (Å²) in [4.78, 5) is 0. The lowest BCUT2D eigenvalue weighted by Gasteiger charge is -2.33. The Hall–Kier alpha value is 0.0969. The van der Waals surface area contributed by atoms with Crippen LogP contribution in [0, 0.1) is 5.41 Å². The van der Waals surface area contributed by atoms with Crippen LogP contribution >= 0.6 is 0 Å². The summed E-state index contributed by atoms with van der Waals surface area (Å²) in [6, 6.07) is 0.951. The molecule has 0 heterocycles. The molecule has 0 aliphatic rings. The van der Waals surface area contributed by atoms with Crippen molar-refractivity contribution in [2.24, 2.45) is 11.1 Å². The lowest BCUT2D eigenvalue weighted by Crippen LogP contribution is -2.43. The smallest absolute Gasteiger partial charge is 0.335 e. The molecule has 0 aliphatic heterocycles. The molecule has 0 rings (SSSR count). The molecule has 0 saturated carbocycles. The van der Waals surface area contributed by atoms with Gasteiger partial charge in [0.15, 0.2) is 0 Å². The number of hydrogen-bond acceptors (Lipinski definition) is 3. The molecule has 0 aromatic rings. The summed E-state index contributed by atoms with van der Waals surface area (Å²) in [5.74, 6) is 0. The summed E-state index contributed by atoms with van der Waals surface area (Å²) < 4.78 is 11.4. The fourth-order valence-electron chi connectivity index (χ4n) is 1.44. The van der Waals surface area contributed by atoms with Crippen molar-refractivity contribution < 1.29 is 8.85 Å². The highest BCUT2D eigenvalue weighted by molar-refractivity contribution is 6.66. The Morgan fingerprint density at radius 1 is 1.36 bits per heavy atom. The van der Waals surface area contributed by atoms with Gasteiger partial charge in [-0.05, 0) is 31.0 Å². The summed E-state index contributed by atoms with van der Waals surface area (Å²) in [5, 5.41) is 0. The molecule has 0 radical (unpaired) electrons. The summed E-state index contributed by atoms with van der Waals surface area (Å²) in [6.45, 7) is 10.0. The zero-order valence-corrected chi connectivity index (χ0v) is 11.2. The molecule has 0 fully saturated rings. The van der Waals surface area contributed by atoms with Crippen molar-refractivity contribution in [1.29, 1.82) is 0 Å². The van der Waals surface area contributed by atoms with E-state index >= 15 is 0 Å². The van der Waals surface area contributed by atoms with E-state index in [2.05, 4.69) is 27.3 Å². The van der Waals surface area contributed by atoms with Crippen molar-refractivity contribution in [2.45, 2.75) is 39.8 Å². The molecule has 86 valence electrons. The van der Waals surface area contributed by atoms with E-state index < -0.39 is 8.56 Å². The van der Waals surface area contributed by atoms with E-state index in [-0.39, 0.29) is 5.41 Å². The minimum atomic E-state index is -1.98. The third-order valence-corrected chi connectivity index (χ3v) is 5.67. The normalized spacial score (nSPS) is 16.7. The van der Waals surface area contributed by atoms with Gasteiger partial charge in [0.25, 0.3) is 0 Å². The summed E-state index contributed by atoms with van der Waals surface area (Å²) in [6.07, 6.45) is 1.04. The van der Waals surface area contributed by atoms with Crippen LogP contribution in [0.3, 0.4) is 0 Å². The molecule has 1 unspecified atom stereocenters. The molecule has 0 bridgehead atoms. The molecular formula is C10H25NO2Si. The van der Waals surface area contributed by atoms with Gasteiger partial charge in [-0.15, -0.1) is 0 Å². The molecule has 2 N–H and O–H groups in total. The lowest BCUT2D eigenvalue weighted by atomic mass is 9.97. The molecule has 14 heavy (non-hydrogen) atoms. The van der Waals surface area contributed by atoms with Crippen LogP contribution in [-0.4, -0.2) is 28.8 Å². The lowest BCUT2D eigenvalue weighted by molar-refractivity contribution is 0.190. The Morgan fingerprint density at radius 2 is 1.93 bits per heavy atom. The van der Waals surface area contributed by atoms with Gasteiger partial charge >= 0.3 is 8.56 Å². The SMILES string of the molecule is CCCO[Si](C)(CC(C)(C)CN)OC.